The molecule has 2 aliphatic rings. The van der Waals surface area contributed by atoms with E-state index >= 15 is 0 Å². The zero-order chi connectivity index (χ0) is 16.0. The first-order valence-electron chi connectivity index (χ1n) is 7.42. The number of aromatic nitrogens is 3. The molecule has 0 atom stereocenters. The number of nitrogens with zero attached hydrogens (tertiary/aromatic N) is 5. The number of likely N-dealkylation sites (tertiary alicyclic amines) is 1. The Bertz CT molecular complexity index is 763. The van der Waals surface area contributed by atoms with Crippen LogP contribution in [-0.4, -0.2) is 57.8 Å². The van der Waals surface area contributed by atoms with E-state index in [1.165, 1.54) is 11.3 Å². The van der Waals surface area contributed by atoms with Gasteiger partial charge in [-0.25, -0.2) is 9.78 Å². The van der Waals surface area contributed by atoms with Crippen molar-refractivity contribution in [1.82, 2.24) is 25.0 Å². The molecule has 0 aliphatic carbocycles. The van der Waals surface area contributed by atoms with Crippen molar-refractivity contribution in [3.8, 4) is 0 Å². The molecule has 0 bridgehead atoms. The van der Waals surface area contributed by atoms with E-state index in [0.29, 0.717) is 31.1 Å². The van der Waals surface area contributed by atoms with Crippen molar-refractivity contribution in [3.63, 3.8) is 0 Å². The Morgan fingerprint density at radius 1 is 1.43 bits per heavy atom. The van der Waals surface area contributed by atoms with Crippen molar-refractivity contribution in [2.45, 2.75) is 13.0 Å². The van der Waals surface area contributed by atoms with Gasteiger partial charge in [-0.1, -0.05) is 0 Å². The number of rotatable bonds is 3. The van der Waals surface area contributed by atoms with Crippen LogP contribution in [0.2, 0.25) is 0 Å². The summed E-state index contributed by atoms with van der Waals surface area (Å²) in [6.07, 6.45) is 3.57. The first kappa shape index (κ1) is 14.2. The lowest BCUT2D eigenvalue weighted by molar-refractivity contribution is 0.0505. The van der Waals surface area contributed by atoms with Gasteiger partial charge in [0.15, 0.2) is 0 Å². The predicted octanol–water partition coefficient (Wildman–Crippen LogP) is 0.875. The van der Waals surface area contributed by atoms with Crippen LogP contribution in [0.25, 0.3) is 0 Å². The summed E-state index contributed by atoms with van der Waals surface area (Å²) in [6.45, 7) is 4.42. The van der Waals surface area contributed by atoms with E-state index in [1.54, 1.807) is 21.5 Å². The third kappa shape index (κ3) is 2.37. The van der Waals surface area contributed by atoms with Gasteiger partial charge in [-0.2, -0.15) is 5.10 Å². The van der Waals surface area contributed by atoms with Gasteiger partial charge in [-0.3, -0.25) is 14.4 Å². The lowest BCUT2D eigenvalue weighted by atomic mass is 10.1. The zero-order valence-corrected chi connectivity index (χ0v) is 13.4. The van der Waals surface area contributed by atoms with Gasteiger partial charge >= 0.3 is 6.03 Å². The SMILES string of the molecule is Cc1ncsc1C(=O)N1CC(n2cc(N3CCNC3=O)cn2)C1. The first-order valence-corrected chi connectivity index (χ1v) is 8.30. The number of amides is 3. The Hall–Kier alpha value is -2.42. The number of aryl methyl sites for hydroxylation is 1. The summed E-state index contributed by atoms with van der Waals surface area (Å²) in [4.78, 5) is 32.3. The Labute approximate surface area is 136 Å². The Morgan fingerprint density at radius 3 is 2.91 bits per heavy atom. The second-order valence-corrected chi connectivity index (χ2v) is 6.55. The van der Waals surface area contributed by atoms with Crippen molar-refractivity contribution < 1.29 is 9.59 Å². The quantitative estimate of drug-likeness (QED) is 0.904. The topological polar surface area (TPSA) is 83.4 Å². The molecule has 2 aromatic heterocycles. The zero-order valence-electron chi connectivity index (χ0n) is 12.6. The van der Waals surface area contributed by atoms with Crippen molar-refractivity contribution in [2.24, 2.45) is 0 Å². The van der Waals surface area contributed by atoms with Gasteiger partial charge in [0.1, 0.15) is 4.88 Å². The molecule has 2 fully saturated rings. The van der Waals surface area contributed by atoms with Crippen molar-refractivity contribution in [3.05, 3.63) is 28.5 Å². The highest BCUT2D eigenvalue weighted by molar-refractivity contribution is 7.11. The molecule has 1 N–H and O–H groups in total. The molecular formula is C14H16N6O2S. The maximum atomic E-state index is 12.3. The van der Waals surface area contributed by atoms with E-state index in [-0.39, 0.29) is 18.0 Å². The van der Waals surface area contributed by atoms with Crippen LogP contribution in [0.5, 0.6) is 0 Å². The fraction of sp³-hybridized carbons (Fsp3) is 0.429. The molecule has 2 aromatic rings. The standard InChI is InChI=1S/C14H16N6O2S/c1-9-12(23-8-16-9)13(21)18-5-11(6-18)20-7-10(4-17-20)19-3-2-15-14(19)22/h4,7-8,11H,2-3,5-6H2,1H3,(H,15,22). The van der Waals surface area contributed by atoms with Crippen LogP contribution in [0, 0.1) is 6.92 Å². The monoisotopic (exact) mass is 332 g/mol. The lowest BCUT2D eigenvalue weighted by Crippen LogP contribution is -2.50. The summed E-state index contributed by atoms with van der Waals surface area (Å²) in [5.74, 6) is 0.0348. The highest BCUT2D eigenvalue weighted by atomic mass is 32.1. The van der Waals surface area contributed by atoms with E-state index in [9.17, 15) is 9.59 Å². The third-order valence-corrected chi connectivity index (χ3v) is 5.14. The molecule has 3 amide bonds. The molecular weight excluding hydrogens is 316 g/mol. The van der Waals surface area contributed by atoms with E-state index in [1.807, 2.05) is 17.8 Å². The van der Waals surface area contributed by atoms with E-state index < -0.39 is 0 Å². The summed E-state index contributed by atoms with van der Waals surface area (Å²) in [6, 6.07) is 0.0715. The minimum absolute atomic E-state index is 0.0348. The molecule has 4 heterocycles. The van der Waals surface area contributed by atoms with Gasteiger partial charge in [0, 0.05) is 32.4 Å². The molecule has 23 heavy (non-hydrogen) atoms. The smallest absolute Gasteiger partial charge is 0.322 e. The molecule has 4 rings (SSSR count). The molecule has 2 saturated heterocycles. The largest absolute Gasteiger partial charge is 0.336 e. The lowest BCUT2D eigenvalue weighted by Gasteiger charge is -2.39. The average Bonchev–Trinajstić information content (AvgIpc) is 3.18. The Morgan fingerprint density at radius 2 is 2.26 bits per heavy atom. The molecule has 0 saturated carbocycles. The van der Waals surface area contributed by atoms with Gasteiger partial charge in [0.25, 0.3) is 5.91 Å². The van der Waals surface area contributed by atoms with Crippen LogP contribution in [0.1, 0.15) is 21.4 Å². The van der Waals surface area contributed by atoms with Gasteiger partial charge in [-0.05, 0) is 6.92 Å². The molecule has 0 radical (unpaired) electrons. The van der Waals surface area contributed by atoms with Crippen LogP contribution in [0.15, 0.2) is 17.9 Å². The molecule has 0 aromatic carbocycles. The number of urea groups is 1. The summed E-state index contributed by atoms with van der Waals surface area (Å²) < 4.78 is 1.84. The minimum Gasteiger partial charge on any atom is -0.336 e. The number of hydrogen-bond donors (Lipinski definition) is 1. The third-order valence-electron chi connectivity index (χ3n) is 4.22. The second kappa shape index (κ2) is 5.34. The first-order chi connectivity index (χ1) is 11.1. The fourth-order valence-corrected chi connectivity index (χ4v) is 3.59. The normalized spacial score (nSPS) is 18.2. The molecule has 0 spiro atoms. The fourth-order valence-electron chi connectivity index (χ4n) is 2.82. The summed E-state index contributed by atoms with van der Waals surface area (Å²) in [5, 5.41) is 7.11. The van der Waals surface area contributed by atoms with Gasteiger partial charge < -0.3 is 10.2 Å². The van der Waals surface area contributed by atoms with E-state index in [0.717, 1.165) is 11.4 Å². The number of carbonyl (C=O) groups excluding carboxylic acids is 2. The number of carbonyl (C=O) groups is 2. The molecule has 120 valence electrons. The molecule has 0 unspecified atom stereocenters. The maximum Gasteiger partial charge on any atom is 0.322 e. The summed E-state index contributed by atoms with van der Waals surface area (Å²) in [5.41, 5.74) is 3.27. The van der Waals surface area contributed by atoms with E-state index in [2.05, 4.69) is 15.4 Å². The molecule has 2 aliphatic heterocycles. The predicted molar refractivity (Wildman–Crippen MR) is 84.8 cm³/mol. The Kier molecular flexibility index (Phi) is 3.29. The van der Waals surface area contributed by atoms with Crippen LogP contribution < -0.4 is 10.2 Å². The molecule has 8 nitrogen and oxygen atoms in total. The number of hydrogen-bond acceptors (Lipinski definition) is 5. The molecule has 9 heteroatoms. The van der Waals surface area contributed by atoms with Crippen LogP contribution in [0.4, 0.5) is 10.5 Å². The Balaban J connectivity index is 1.41. The van der Waals surface area contributed by atoms with Crippen molar-refractivity contribution in [1.29, 1.82) is 0 Å². The van der Waals surface area contributed by atoms with Crippen molar-refractivity contribution >= 4 is 29.0 Å². The van der Waals surface area contributed by atoms with Gasteiger partial charge in [0.05, 0.1) is 29.1 Å². The van der Waals surface area contributed by atoms with Crippen LogP contribution in [-0.2, 0) is 0 Å². The van der Waals surface area contributed by atoms with Crippen LogP contribution in [0.3, 0.4) is 0 Å². The number of anilines is 1. The van der Waals surface area contributed by atoms with Gasteiger partial charge in [0.2, 0.25) is 0 Å². The average molecular weight is 332 g/mol. The summed E-state index contributed by atoms with van der Waals surface area (Å²) >= 11 is 1.38. The van der Waals surface area contributed by atoms with Gasteiger partial charge in [-0.15, -0.1) is 11.3 Å². The highest BCUT2D eigenvalue weighted by Crippen LogP contribution is 2.27. The minimum atomic E-state index is -0.0874. The highest BCUT2D eigenvalue weighted by Gasteiger charge is 2.34. The number of nitrogens with one attached hydrogen (secondary N) is 1. The van der Waals surface area contributed by atoms with Crippen LogP contribution >= 0.6 is 11.3 Å². The van der Waals surface area contributed by atoms with E-state index in [4.69, 9.17) is 0 Å². The maximum absolute atomic E-state index is 12.3. The summed E-state index contributed by atoms with van der Waals surface area (Å²) in [7, 11) is 0. The number of thiazole rings is 1. The second-order valence-electron chi connectivity index (χ2n) is 5.69. The van der Waals surface area contributed by atoms with Crippen molar-refractivity contribution in [2.75, 3.05) is 31.1 Å².